The predicted octanol–water partition coefficient (Wildman–Crippen LogP) is 3.37. The van der Waals surface area contributed by atoms with Gasteiger partial charge in [0.15, 0.2) is 0 Å². The van der Waals surface area contributed by atoms with Gasteiger partial charge in [-0.25, -0.2) is 0 Å². The molecule has 160 valence electrons. The zero-order chi connectivity index (χ0) is 21.7. The Balaban J connectivity index is 1.70. The molecule has 8 nitrogen and oxygen atoms in total. The van der Waals surface area contributed by atoms with Gasteiger partial charge in [-0.15, -0.1) is 0 Å². The van der Waals surface area contributed by atoms with Crippen LogP contribution in [0.3, 0.4) is 0 Å². The summed E-state index contributed by atoms with van der Waals surface area (Å²) in [7, 11) is 0. The van der Waals surface area contributed by atoms with Gasteiger partial charge in [0, 0.05) is 25.7 Å². The zero-order valence-electron chi connectivity index (χ0n) is 17.6. The van der Waals surface area contributed by atoms with Gasteiger partial charge in [0.1, 0.15) is 24.1 Å². The van der Waals surface area contributed by atoms with E-state index in [0.29, 0.717) is 56.1 Å². The van der Waals surface area contributed by atoms with Gasteiger partial charge >= 0.3 is 0 Å². The second kappa shape index (κ2) is 9.24. The number of hydrogen-bond donors (Lipinski definition) is 2. The van der Waals surface area contributed by atoms with Crippen LogP contribution in [0, 0.1) is 0 Å². The number of aromatic nitrogens is 2. The van der Waals surface area contributed by atoms with Crippen LogP contribution in [0.25, 0.3) is 0 Å². The first-order chi connectivity index (χ1) is 13.5. The molecule has 0 saturated carbocycles. The van der Waals surface area contributed by atoms with Crippen LogP contribution in [0.2, 0.25) is 0 Å². The van der Waals surface area contributed by atoms with Gasteiger partial charge in [0.05, 0.1) is 11.1 Å². The van der Waals surface area contributed by atoms with Gasteiger partial charge < -0.3 is 9.05 Å². The molecule has 0 aliphatic carbocycles. The van der Waals surface area contributed by atoms with Crippen molar-refractivity contribution >= 4 is 11.6 Å². The molecule has 2 aromatic heterocycles. The highest BCUT2D eigenvalue weighted by Gasteiger charge is 2.27. The van der Waals surface area contributed by atoms with Crippen molar-refractivity contribution in [1.82, 2.24) is 10.3 Å². The molecule has 2 rings (SSSR count). The number of carbonyl (C=O) groups excluding carboxylic acids is 2. The summed E-state index contributed by atoms with van der Waals surface area (Å²) in [6, 6.07) is 0. The van der Waals surface area contributed by atoms with Crippen LogP contribution < -0.4 is 11.1 Å². The Kier molecular flexibility index (Phi) is 7.21. The predicted molar refractivity (Wildman–Crippen MR) is 107 cm³/mol. The van der Waals surface area contributed by atoms with Crippen molar-refractivity contribution in [1.29, 1.82) is 0 Å². The molecule has 0 radical (unpaired) electrons. The van der Waals surface area contributed by atoms with Gasteiger partial charge in [0.2, 0.25) is 0 Å². The summed E-state index contributed by atoms with van der Waals surface area (Å²) < 4.78 is 9.64. The number of hydrogen-bond acceptors (Lipinski definition) is 6. The Labute approximate surface area is 169 Å². The minimum atomic E-state index is -0.456. The van der Waals surface area contributed by atoms with Gasteiger partial charge in [-0.2, -0.15) is 10.3 Å². The highest BCUT2D eigenvalue weighted by atomic mass is 16.5. The highest BCUT2D eigenvalue weighted by Crippen LogP contribution is 2.27. The van der Waals surface area contributed by atoms with E-state index in [1.807, 2.05) is 27.7 Å². The average molecular weight is 406 g/mol. The Morgan fingerprint density at radius 3 is 1.45 bits per heavy atom. The summed E-state index contributed by atoms with van der Waals surface area (Å²) in [6.45, 7) is 7.60. The SMILES string of the molecule is CC(C)(CCC(=O)CCCC(=O)CCC(C)(C)c1co[nH]c1=O)c1co[nH]c1=O. The molecule has 0 aliphatic heterocycles. The molecule has 0 fully saturated rings. The van der Waals surface area contributed by atoms with Gasteiger partial charge in [-0.1, -0.05) is 27.7 Å². The minimum Gasteiger partial charge on any atom is -0.387 e. The lowest BCUT2D eigenvalue weighted by atomic mass is 9.81. The quantitative estimate of drug-likeness (QED) is 0.556. The average Bonchev–Trinajstić information content (AvgIpc) is 3.27. The summed E-state index contributed by atoms with van der Waals surface area (Å²) >= 11 is 0. The van der Waals surface area contributed by atoms with E-state index in [2.05, 4.69) is 10.3 Å². The van der Waals surface area contributed by atoms with Crippen molar-refractivity contribution in [2.24, 2.45) is 0 Å². The number of rotatable bonds is 12. The maximum absolute atomic E-state index is 12.2. The van der Waals surface area contributed by atoms with E-state index in [9.17, 15) is 19.2 Å². The molecule has 0 saturated heterocycles. The molecular formula is C21H30N2O6. The van der Waals surface area contributed by atoms with Crippen LogP contribution >= 0.6 is 0 Å². The molecule has 0 spiro atoms. The van der Waals surface area contributed by atoms with Gasteiger partial charge in [-0.05, 0) is 30.1 Å². The monoisotopic (exact) mass is 406 g/mol. The topological polar surface area (TPSA) is 126 Å². The van der Waals surface area contributed by atoms with E-state index in [1.165, 1.54) is 12.5 Å². The van der Waals surface area contributed by atoms with Gasteiger partial charge in [0.25, 0.3) is 11.1 Å². The van der Waals surface area contributed by atoms with Crippen molar-refractivity contribution in [3.63, 3.8) is 0 Å². The number of carbonyl (C=O) groups is 2. The second-order valence-electron chi connectivity index (χ2n) is 8.86. The summed E-state index contributed by atoms with van der Waals surface area (Å²) in [5.74, 6) is 0.159. The first-order valence-electron chi connectivity index (χ1n) is 9.89. The Hall–Kier alpha value is -2.64. The third-order valence-corrected chi connectivity index (χ3v) is 5.57. The maximum atomic E-state index is 12.2. The van der Waals surface area contributed by atoms with E-state index >= 15 is 0 Å². The van der Waals surface area contributed by atoms with Crippen LogP contribution in [-0.4, -0.2) is 21.9 Å². The molecule has 0 atom stereocenters. The fourth-order valence-electron chi connectivity index (χ4n) is 3.34. The van der Waals surface area contributed by atoms with Crippen molar-refractivity contribution < 1.29 is 18.6 Å². The third-order valence-electron chi connectivity index (χ3n) is 5.57. The van der Waals surface area contributed by atoms with Crippen LogP contribution in [-0.2, 0) is 20.4 Å². The van der Waals surface area contributed by atoms with E-state index in [-0.39, 0.29) is 22.7 Å². The van der Waals surface area contributed by atoms with Gasteiger partial charge in [-0.3, -0.25) is 19.2 Å². The van der Waals surface area contributed by atoms with E-state index < -0.39 is 10.8 Å². The fraction of sp³-hybridized carbons (Fsp3) is 0.619. The minimum absolute atomic E-state index is 0.0797. The van der Waals surface area contributed by atoms with Crippen molar-refractivity contribution in [2.45, 2.75) is 83.5 Å². The maximum Gasteiger partial charge on any atom is 0.283 e. The summed E-state index contributed by atoms with van der Waals surface area (Å²) in [5.41, 5.74) is -0.397. The number of nitrogens with one attached hydrogen (secondary N) is 2. The Morgan fingerprint density at radius 1 is 0.759 bits per heavy atom. The molecule has 0 bridgehead atoms. The number of Topliss-reactive ketones (excluding diaryl/α,β-unsaturated/α-hetero) is 2. The van der Waals surface area contributed by atoms with E-state index in [4.69, 9.17) is 9.05 Å². The lowest BCUT2D eigenvalue weighted by Gasteiger charge is -2.21. The molecule has 0 aromatic carbocycles. The molecule has 0 aliphatic rings. The van der Waals surface area contributed by atoms with E-state index in [1.54, 1.807) is 0 Å². The molecule has 0 unspecified atom stereocenters. The largest absolute Gasteiger partial charge is 0.387 e. The molecule has 0 amide bonds. The van der Waals surface area contributed by atoms with E-state index in [0.717, 1.165) is 0 Å². The van der Waals surface area contributed by atoms with Crippen molar-refractivity contribution in [3.8, 4) is 0 Å². The molecule has 8 heteroatoms. The molecular weight excluding hydrogens is 376 g/mol. The summed E-state index contributed by atoms with van der Waals surface area (Å²) in [5, 5.41) is 4.53. The second-order valence-corrected chi connectivity index (χ2v) is 8.86. The van der Waals surface area contributed by atoms with Crippen LogP contribution in [0.1, 0.15) is 83.8 Å². The summed E-state index contributed by atoms with van der Waals surface area (Å²) in [4.78, 5) is 47.7. The molecule has 2 N–H and O–H groups in total. The standard InChI is InChI=1S/C21H30N2O6/c1-20(2,16-12-28-22-18(16)26)10-8-14(24)6-5-7-15(25)9-11-21(3,4)17-13-29-23-19(17)27/h12-13H,5-11H2,1-4H3,(H,22,26)(H,23,27). The van der Waals surface area contributed by atoms with Crippen LogP contribution in [0.4, 0.5) is 0 Å². The Morgan fingerprint density at radius 2 is 1.14 bits per heavy atom. The summed E-state index contributed by atoms with van der Waals surface area (Å²) in [6.07, 6.45) is 5.75. The fourth-order valence-corrected chi connectivity index (χ4v) is 3.34. The normalized spacial score (nSPS) is 12.3. The molecule has 2 heterocycles. The lowest BCUT2D eigenvalue weighted by molar-refractivity contribution is -0.120. The number of ketones is 2. The highest BCUT2D eigenvalue weighted by molar-refractivity contribution is 5.81. The lowest BCUT2D eigenvalue weighted by Crippen LogP contribution is -2.25. The number of aromatic amines is 2. The van der Waals surface area contributed by atoms with Crippen LogP contribution in [0.5, 0.6) is 0 Å². The molecule has 2 aromatic rings. The number of H-pyrrole nitrogens is 2. The third kappa shape index (κ3) is 6.17. The molecule has 29 heavy (non-hydrogen) atoms. The smallest absolute Gasteiger partial charge is 0.283 e. The Bertz CT molecular complexity index is 864. The first kappa shape index (κ1) is 22.6. The van der Waals surface area contributed by atoms with Crippen molar-refractivity contribution in [3.05, 3.63) is 44.4 Å². The van der Waals surface area contributed by atoms with Crippen molar-refractivity contribution in [2.75, 3.05) is 0 Å². The van der Waals surface area contributed by atoms with Crippen LogP contribution in [0.15, 0.2) is 31.2 Å². The first-order valence-corrected chi connectivity index (χ1v) is 9.89. The zero-order valence-corrected chi connectivity index (χ0v) is 17.6.